The summed E-state index contributed by atoms with van der Waals surface area (Å²) >= 11 is 0. The van der Waals surface area contributed by atoms with Gasteiger partial charge in [-0.1, -0.05) is 13.0 Å². The van der Waals surface area contributed by atoms with E-state index in [1.165, 1.54) is 6.21 Å². The lowest BCUT2D eigenvalue weighted by Gasteiger charge is -2.28. The van der Waals surface area contributed by atoms with Crippen LogP contribution >= 0.6 is 0 Å². The van der Waals surface area contributed by atoms with E-state index in [1.54, 1.807) is 14.2 Å². The van der Waals surface area contributed by atoms with Crippen LogP contribution < -0.4 is 9.47 Å². The van der Waals surface area contributed by atoms with Crippen molar-refractivity contribution in [2.75, 3.05) is 20.8 Å². The van der Waals surface area contributed by atoms with Crippen LogP contribution in [0.3, 0.4) is 0 Å². The summed E-state index contributed by atoms with van der Waals surface area (Å²) in [5, 5.41) is 16.5. The third kappa shape index (κ3) is 3.01. The summed E-state index contributed by atoms with van der Waals surface area (Å²) in [7, 11) is 3.20. The predicted molar refractivity (Wildman–Crippen MR) is 72.0 cm³/mol. The molecular formula is C14H21NO3. The summed E-state index contributed by atoms with van der Waals surface area (Å²) in [6, 6.07) is 5.73. The molecule has 4 heteroatoms. The first kappa shape index (κ1) is 14.5. The maximum atomic E-state index is 9.19. The molecule has 1 aromatic carbocycles. The van der Waals surface area contributed by atoms with E-state index < -0.39 is 0 Å². The number of aliphatic hydroxyl groups is 1. The molecule has 0 aliphatic carbocycles. The lowest BCUT2D eigenvalue weighted by atomic mass is 9.77. The van der Waals surface area contributed by atoms with Gasteiger partial charge < -0.3 is 20.0 Å². The quantitative estimate of drug-likeness (QED) is 0.731. The molecule has 1 aromatic rings. The van der Waals surface area contributed by atoms with Gasteiger partial charge in [0.15, 0.2) is 11.5 Å². The van der Waals surface area contributed by atoms with E-state index in [-0.39, 0.29) is 12.0 Å². The Bertz CT molecular complexity index is 406. The monoisotopic (exact) mass is 251 g/mol. The molecule has 0 fully saturated rings. The van der Waals surface area contributed by atoms with E-state index in [0.717, 1.165) is 5.56 Å². The van der Waals surface area contributed by atoms with Crippen molar-refractivity contribution in [3.05, 3.63) is 23.8 Å². The highest BCUT2D eigenvalue weighted by molar-refractivity contribution is 5.57. The highest BCUT2D eigenvalue weighted by Crippen LogP contribution is 2.36. The normalized spacial score (nSPS) is 13.8. The van der Waals surface area contributed by atoms with Crippen molar-refractivity contribution in [1.29, 1.82) is 5.41 Å². The Balaban J connectivity index is 3.16. The van der Waals surface area contributed by atoms with Crippen molar-refractivity contribution in [3.63, 3.8) is 0 Å². The van der Waals surface area contributed by atoms with E-state index >= 15 is 0 Å². The van der Waals surface area contributed by atoms with Crippen molar-refractivity contribution in [2.45, 2.75) is 25.2 Å². The van der Waals surface area contributed by atoms with Crippen molar-refractivity contribution >= 4 is 6.21 Å². The predicted octanol–water partition coefficient (Wildman–Crippen LogP) is 2.38. The molecule has 18 heavy (non-hydrogen) atoms. The van der Waals surface area contributed by atoms with Gasteiger partial charge in [-0.15, -0.1) is 0 Å². The second-order valence-corrected chi connectivity index (χ2v) is 4.51. The molecule has 0 aliphatic heterocycles. The van der Waals surface area contributed by atoms with Gasteiger partial charge in [0.1, 0.15) is 0 Å². The first-order chi connectivity index (χ1) is 8.61. The van der Waals surface area contributed by atoms with E-state index in [1.807, 2.05) is 25.1 Å². The van der Waals surface area contributed by atoms with Gasteiger partial charge in [0.2, 0.25) is 0 Å². The molecule has 2 N–H and O–H groups in total. The number of aliphatic hydroxyl groups excluding tert-OH is 1. The molecule has 0 radical (unpaired) electrons. The Morgan fingerprint density at radius 3 is 2.44 bits per heavy atom. The van der Waals surface area contributed by atoms with Crippen LogP contribution in [0.4, 0.5) is 0 Å². The largest absolute Gasteiger partial charge is 0.493 e. The molecule has 0 spiro atoms. The smallest absolute Gasteiger partial charge is 0.161 e. The third-order valence-electron chi connectivity index (χ3n) is 3.30. The van der Waals surface area contributed by atoms with Crippen LogP contribution in [-0.4, -0.2) is 32.1 Å². The van der Waals surface area contributed by atoms with E-state index in [0.29, 0.717) is 24.3 Å². The van der Waals surface area contributed by atoms with Crippen LogP contribution in [0, 0.1) is 5.41 Å². The van der Waals surface area contributed by atoms with Crippen LogP contribution in [0.25, 0.3) is 0 Å². The fourth-order valence-electron chi connectivity index (χ4n) is 2.05. The summed E-state index contributed by atoms with van der Waals surface area (Å²) in [6.07, 6.45) is 2.58. The Hall–Kier alpha value is -1.55. The minimum atomic E-state index is -0.254. The zero-order chi connectivity index (χ0) is 13.6. The van der Waals surface area contributed by atoms with Crippen LogP contribution in [0.15, 0.2) is 18.2 Å². The van der Waals surface area contributed by atoms with Gasteiger partial charge in [-0.2, -0.15) is 0 Å². The second kappa shape index (κ2) is 6.40. The number of hydrogen-bond donors (Lipinski definition) is 2. The lowest BCUT2D eigenvalue weighted by Crippen LogP contribution is -2.24. The Labute approximate surface area is 108 Å². The average Bonchev–Trinajstić information content (AvgIpc) is 2.38. The molecule has 0 aromatic heterocycles. The molecule has 1 unspecified atom stereocenters. The molecule has 1 rings (SSSR count). The topological polar surface area (TPSA) is 62.5 Å². The first-order valence-electron chi connectivity index (χ1n) is 5.93. The zero-order valence-corrected chi connectivity index (χ0v) is 11.2. The van der Waals surface area contributed by atoms with Crippen LogP contribution in [0.1, 0.15) is 25.3 Å². The van der Waals surface area contributed by atoms with Gasteiger partial charge in [0.25, 0.3) is 0 Å². The summed E-state index contributed by atoms with van der Waals surface area (Å²) in [6.45, 7) is 2.13. The molecule has 0 saturated heterocycles. The molecule has 0 saturated carbocycles. The van der Waals surface area contributed by atoms with Gasteiger partial charge in [-0.3, -0.25) is 0 Å². The molecule has 0 amide bonds. The summed E-state index contributed by atoms with van der Waals surface area (Å²) in [4.78, 5) is 0. The number of rotatable bonds is 7. The van der Waals surface area contributed by atoms with Gasteiger partial charge >= 0.3 is 0 Å². The molecule has 4 nitrogen and oxygen atoms in total. The van der Waals surface area contributed by atoms with Crippen molar-refractivity contribution < 1.29 is 14.6 Å². The number of ether oxygens (including phenoxy) is 2. The minimum Gasteiger partial charge on any atom is -0.493 e. The van der Waals surface area contributed by atoms with Gasteiger partial charge in [-0.05, 0) is 42.2 Å². The number of methoxy groups -OCH3 is 2. The summed E-state index contributed by atoms with van der Waals surface area (Å²) in [5.41, 5.74) is 0.786. The van der Waals surface area contributed by atoms with Gasteiger partial charge in [0.05, 0.1) is 14.2 Å². The maximum absolute atomic E-state index is 9.19. The molecule has 0 bridgehead atoms. The van der Waals surface area contributed by atoms with Crippen molar-refractivity contribution in [2.24, 2.45) is 0 Å². The Morgan fingerprint density at radius 2 is 1.94 bits per heavy atom. The molecule has 100 valence electrons. The van der Waals surface area contributed by atoms with E-state index in [2.05, 4.69) is 0 Å². The van der Waals surface area contributed by atoms with Crippen LogP contribution in [-0.2, 0) is 5.41 Å². The molecule has 1 atom stereocenters. The Morgan fingerprint density at radius 1 is 1.28 bits per heavy atom. The van der Waals surface area contributed by atoms with Gasteiger partial charge in [0, 0.05) is 6.61 Å². The van der Waals surface area contributed by atoms with Crippen LogP contribution in [0.5, 0.6) is 11.5 Å². The van der Waals surface area contributed by atoms with E-state index in [9.17, 15) is 5.11 Å². The zero-order valence-electron chi connectivity index (χ0n) is 11.2. The van der Waals surface area contributed by atoms with E-state index in [4.69, 9.17) is 14.9 Å². The SMILES string of the molecule is COc1ccc(C(C)(CC=N)CCO)cc1OC. The number of hydrogen-bond acceptors (Lipinski definition) is 4. The highest BCUT2D eigenvalue weighted by atomic mass is 16.5. The fraction of sp³-hybridized carbons (Fsp3) is 0.500. The maximum Gasteiger partial charge on any atom is 0.161 e. The van der Waals surface area contributed by atoms with Crippen molar-refractivity contribution in [1.82, 2.24) is 0 Å². The fourth-order valence-corrected chi connectivity index (χ4v) is 2.05. The number of benzene rings is 1. The lowest BCUT2D eigenvalue weighted by molar-refractivity contribution is 0.247. The second-order valence-electron chi connectivity index (χ2n) is 4.51. The molecule has 0 heterocycles. The average molecular weight is 251 g/mol. The number of nitrogens with one attached hydrogen (secondary N) is 1. The third-order valence-corrected chi connectivity index (χ3v) is 3.30. The molecule has 0 aliphatic rings. The summed E-state index contributed by atoms with van der Waals surface area (Å²) in [5.74, 6) is 1.35. The molecular weight excluding hydrogens is 230 g/mol. The van der Waals surface area contributed by atoms with Crippen LogP contribution in [0.2, 0.25) is 0 Å². The Kier molecular flexibility index (Phi) is 5.16. The highest BCUT2D eigenvalue weighted by Gasteiger charge is 2.26. The first-order valence-corrected chi connectivity index (χ1v) is 5.93. The summed E-state index contributed by atoms with van der Waals surface area (Å²) < 4.78 is 10.5. The standard InChI is InChI=1S/C14H21NO3/c1-14(6-8-15,7-9-16)11-4-5-12(17-2)13(10-11)18-3/h4-5,8,10,15-16H,6-7,9H2,1-3H3. The minimum absolute atomic E-state index is 0.0959. The van der Waals surface area contributed by atoms with Crippen molar-refractivity contribution in [3.8, 4) is 11.5 Å². The van der Waals surface area contributed by atoms with Gasteiger partial charge in [-0.25, -0.2) is 0 Å².